The van der Waals surface area contributed by atoms with E-state index in [4.69, 9.17) is 5.14 Å². The molecular formula is C15H13N3O2S2. The van der Waals surface area contributed by atoms with Crippen molar-refractivity contribution < 1.29 is 4.92 Å². The number of aromatic nitrogens is 1. The molecule has 0 radical (unpaired) electrons. The molecule has 0 spiro atoms. The van der Waals surface area contributed by atoms with Crippen molar-refractivity contribution in [2.45, 2.75) is 14.1 Å². The topological polar surface area (TPSA) is 82.0 Å². The van der Waals surface area contributed by atoms with Crippen LogP contribution < -0.4 is 5.14 Å². The van der Waals surface area contributed by atoms with Crippen LogP contribution >= 0.6 is 21.6 Å². The number of hydrogen-bond donors (Lipinski definition) is 1. The quantitative estimate of drug-likeness (QED) is 0.573. The normalized spacial score (nSPS) is 12.0. The molecule has 0 aliphatic heterocycles. The molecule has 0 saturated carbocycles. The molecule has 22 heavy (non-hydrogen) atoms. The SMILES string of the molecule is NS(c1ccccc1)(c1ccccc1)c1nc([N+](=O)[O-])cs1. The van der Waals surface area contributed by atoms with E-state index >= 15 is 0 Å². The molecule has 1 aromatic heterocycles. The first-order chi connectivity index (χ1) is 10.6. The van der Waals surface area contributed by atoms with Crippen LogP contribution in [0.25, 0.3) is 0 Å². The van der Waals surface area contributed by atoms with Crippen molar-refractivity contribution in [1.29, 1.82) is 0 Å². The lowest BCUT2D eigenvalue weighted by Gasteiger charge is -2.31. The molecule has 1 heterocycles. The Morgan fingerprint density at radius 3 is 1.91 bits per heavy atom. The van der Waals surface area contributed by atoms with E-state index in [2.05, 4.69) is 4.98 Å². The van der Waals surface area contributed by atoms with Crippen LogP contribution in [0.3, 0.4) is 0 Å². The Bertz CT molecular complexity index is 751. The Balaban J connectivity index is 2.21. The number of rotatable bonds is 4. The molecule has 0 aliphatic rings. The predicted molar refractivity (Wildman–Crippen MR) is 88.2 cm³/mol. The van der Waals surface area contributed by atoms with Crippen molar-refractivity contribution in [1.82, 2.24) is 4.98 Å². The summed E-state index contributed by atoms with van der Waals surface area (Å²) in [6.45, 7) is 0. The van der Waals surface area contributed by atoms with Crippen molar-refractivity contribution in [2.24, 2.45) is 5.14 Å². The Kier molecular flexibility index (Phi) is 3.93. The number of benzene rings is 2. The fourth-order valence-electron chi connectivity index (χ4n) is 2.09. The fraction of sp³-hybridized carbons (Fsp3) is 0. The monoisotopic (exact) mass is 331 g/mol. The zero-order chi connectivity index (χ0) is 15.6. The largest absolute Gasteiger partial charge is 0.375 e. The molecule has 0 atom stereocenters. The summed E-state index contributed by atoms with van der Waals surface area (Å²) < 4.78 is 0.580. The zero-order valence-electron chi connectivity index (χ0n) is 11.5. The Hall–Kier alpha value is -2.22. The van der Waals surface area contributed by atoms with Gasteiger partial charge in [0.25, 0.3) is 4.34 Å². The fourth-order valence-corrected chi connectivity index (χ4v) is 5.99. The lowest BCUT2D eigenvalue weighted by atomic mass is 10.4. The highest BCUT2D eigenvalue weighted by molar-refractivity contribution is 8.33. The van der Waals surface area contributed by atoms with Crippen molar-refractivity contribution >= 4 is 27.4 Å². The molecule has 5 nitrogen and oxygen atoms in total. The molecule has 0 bridgehead atoms. The molecule has 2 aromatic carbocycles. The summed E-state index contributed by atoms with van der Waals surface area (Å²) in [6, 6.07) is 19.2. The molecule has 0 amide bonds. The van der Waals surface area contributed by atoms with E-state index in [0.717, 1.165) is 9.79 Å². The van der Waals surface area contributed by atoms with Gasteiger partial charge in [-0.2, -0.15) is 0 Å². The second kappa shape index (κ2) is 5.88. The lowest BCUT2D eigenvalue weighted by molar-refractivity contribution is -0.389. The molecule has 3 rings (SSSR count). The number of nitro groups is 1. The van der Waals surface area contributed by atoms with Crippen LogP contribution in [0.1, 0.15) is 0 Å². The van der Waals surface area contributed by atoms with E-state index < -0.39 is 15.1 Å². The average molecular weight is 331 g/mol. The maximum Gasteiger partial charge on any atom is 0.375 e. The summed E-state index contributed by atoms with van der Waals surface area (Å²) in [7, 11) is -2.08. The van der Waals surface area contributed by atoms with Crippen LogP contribution in [-0.2, 0) is 0 Å². The molecule has 7 heteroatoms. The third-order valence-electron chi connectivity index (χ3n) is 3.16. The summed E-state index contributed by atoms with van der Waals surface area (Å²) in [5.41, 5.74) is 0. The molecule has 112 valence electrons. The first-order valence-electron chi connectivity index (χ1n) is 6.43. The van der Waals surface area contributed by atoms with Gasteiger partial charge < -0.3 is 10.1 Å². The van der Waals surface area contributed by atoms with Crippen molar-refractivity contribution in [3.63, 3.8) is 0 Å². The van der Waals surface area contributed by atoms with E-state index in [9.17, 15) is 10.1 Å². The highest BCUT2D eigenvalue weighted by Gasteiger charge is 2.34. The first kappa shape index (κ1) is 14.7. The van der Waals surface area contributed by atoms with E-state index in [1.807, 2.05) is 60.7 Å². The summed E-state index contributed by atoms with van der Waals surface area (Å²) in [6.07, 6.45) is 0. The third kappa shape index (κ3) is 2.50. The van der Waals surface area contributed by atoms with Crippen molar-refractivity contribution in [3.05, 3.63) is 76.2 Å². The predicted octanol–water partition coefficient (Wildman–Crippen LogP) is 4.21. The van der Waals surface area contributed by atoms with Crippen LogP contribution in [0.15, 0.2) is 80.2 Å². The van der Waals surface area contributed by atoms with E-state index in [1.165, 1.54) is 16.7 Å². The smallest absolute Gasteiger partial charge is 0.358 e. The van der Waals surface area contributed by atoms with Gasteiger partial charge in [0, 0.05) is 9.79 Å². The number of nitrogens with two attached hydrogens (primary N) is 1. The standard InChI is InChI=1S/C15H13N3O2S2/c16-22(12-7-3-1-4-8-12,13-9-5-2-6-10-13)15-17-14(11-21-15)18(19)20/h1-11H,16H2. The van der Waals surface area contributed by atoms with Crippen LogP contribution in [0.4, 0.5) is 5.82 Å². The van der Waals surface area contributed by atoms with Gasteiger partial charge in [0.1, 0.15) is 0 Å². The van der Waals surface area contributed by atoms with Gasteiger partial charge in [-0.15, -0.1) is 0 Å². The van der Waals surface area contributed by atoms with Crippen molar-refractivity contribution in [3.8, 4) is 0 Å². The Labute approximate surface area is 133 Å². The molecule has 0 saturated heterocycles. The Morgan fingerprint density at radius 1 is 1.00 bits per heavy atom. The van der Waals surface area contributed by atoms with Gasteiger partial charge >= 0.3 is 5.82 Å². The van der Waals surface area contributed by atoms with Crippen LogP contribution in [0.2, 0.25) is 0 Å². The number of hydrogen-bond acceptors (Lipinski definition) is 5. The average Bonchev–Trinajstić information content (AvgIpc) is 3.06. The highest BCUT2D eigenvalue weighted by atomic mass is 32.3. The summed E-state index contributed by atoms with van der Waals surface area (Å²) in [4.78, 5) is 16.5. The minimum Gasteiger partial charge on any atom is -0.358 e. The highest BCUT2D eigenvalue weighted by Crippen LogP contribution is 2.63. The molecule has 0 aliphatic carbocycles. The van der Waals surface area contributed by atoms with Crippen molar-refractivity contribution in [2.75, 3.05) is 0 Å². The molecule has 0 unspecified atom stereocenters. The Morgan fingerprint density at radius 2 is 1.50 bits per heavy atom. The minimum absolute atomic E-state index is 0.158. The van der Waals surface area contributed by atoms with Gasteiger partial charge in [0.2, 0.25) is 0 Å². The first-order valence-corrected chi connectivity index (χ1v) is 9.01. The number of nitrogens with zero attached hydrogens (tertiary/aromatic N) is 2. The van der Waals surface area contributed by atoms with E-state index in [1.54, 1.807) is 0 Å². The van der Waals surface area contributed by atoms with E-state index in [-0.39, 0.29) is 5.82 Å². The molecular weight excluding hydrogens is 318 g/mol. The molecule has 2 N–H and O–H groups in total. The van der Waals surface area contributed by atoms with Crippen LogP contribution in [0.5, 0.6) is 0 Å². The van der Waals surface area contributed by atoms with Gasteiger partial charge in [0.05, 0.1) is 5.38 Å². The van der Waals surface area contributed by atoms with Gasteiger partial charge in [-0.25, -0.2) is 0 Å². The van der Waals surface area contributed by atoms with Gasteiger partial charge in [-0.3, -0.25) is 5.14 Å². The second-order valence-electron chi connectivity index (χ2n) is 4.51. The summed E-state index contributed by atoms with van der Waals surface area (Å²) in [5.74, 6) is -0.158. The molecule has 3 aromatic rings. The van der Waals surface area contributed by atoms with Crippen LogP contribution in [0, 0.1) is 10.1 Å². The van der Waals surface area contributed by atoms with Gasteiger partial charge in [-0.05, 0) is 34.2 Å². The molecule has 0 fully saturated rings. The number of thiazole rings is 1. The van der Waals surface area contributed by atoms with Gasteiger partial charge in [-0.1, -0.05) is 57.9 Å². The second-order valence-corrected chi connectivity index (χ2v) is 8.28. The van der Waals surface area contributed by atoms with E-state index in [0.29, 0.717) is 4.34 Å². The minimum atomic E-state index is -2.08. The zero-order valence-corrected chi connectivity index (χ0v) is 13.1. The summed E-state index contributed by atoms with van der Waals surface area (Å²) in [5, 5.41) is 19.2. The third-order valence-corrected chi connectivity index (χ3v) is 7.54. The maximum absolute atomic E-state index is 10.9. The van der Waals surface area contributed by atoms with Gasteiger partial charge in [0.15, 0.2) is 0 Å². The van der Waals surface area contributed by atoms with Crippen LogP contribution in [-0.4, -0.2) is 9.91 Å². The maximum atomic E-state index is 10.9. The summed E-state index contributed by atoms with van der Waals surface area (Å²) >= 11 is 1.23. The lowest BCUT2D eigenvalue weighted by Crippen LogP contribution is -2.12.